The van der Waals surface area contributed by atoms with E-state index in [2.05, 4.69) is 12.1 Å². The van der Waals surface area contributed by atoms with Crippen LogP contribution in [0.25, 0.3) is 10.8 Å². The average molecular weight is 507 g/mol. The van der Waals surface area contributed by atoms with Gasteiger partial charge in [0.15, 0.2) is 0 Å². The van der Waals surface area contributed by atoms with Crippen LogP contribution in [0.5, 0.6) is 11.5 Å². The lowest BCUT2D eigenvalue weighted by atomic mass is 10.0. The van der Waals surface area contributed by atoms with Gasteiger partial charge in [0.05, 0.1) is 11.6 Å². The summed E-state index contributed by atoms with van der Waals surface area (Å²) in [5.41, 5.74) is 1.91. The molecule has 0 aromatic heterocycles. The molecule has 1 unspecified atom stereocenters. The third-order valence-electron chi connectivity index (χ3n) is 5.05. The largest absolute Gasteiger partial charge is 0.420 e. The number of hydrogen-bond donors (Lipinski definition) is 0. The molecule has 4 aromatic rings. The van der Waals surface area contributed by atoms with E-state index >= 15 is 0 Å². The molecule has 0 aliphatic carbocycles. The van der Waals surface area contributed by atoms with Gasteiger partial charge in [-0.2, -0.15) is 0 Å². The van der Waals surface area contributed by atoms with E-state index in [1.165, 1.54) is 0 Å². The zero-order chi connectivity index (χ0) is 21.6. The van der Waals surface area contributed by atoms with Gasteiger partial charge < -0.3 is 9.05 Å². The molecule has 4 aromatic carbocycles. The number of hydrogen-bond acceptors (Lipinski definition) is 3. The Kier molecular flexibility index (Phi) is 5.54. The van der Waals surface area contributed by atoms with Crippen LogP contribution in [0.3, 0.4) is 0 Å². The van der Waals surface area contributed by atoms with Crippen LogP contribution in [0, 0.1) is 0 Å². The normalized spacial score (nSPS) is 17.8. The molecule has 0 radical (unpaired) electrons. The number of fused-ring (bicyclic) bond motifs is 3. The van der Waals surface area contributed by atoms with Crippen LogP contribution in [0.15, 0.2) is 78.9 Å². The van der Waals surface area contributed by atoms with Gasteiger partial charge in [0.1, 0.15) is 11.5 Å². The lowest BCUT2D eigenvalue weighted by Crippen LogP contribution is -2.29. The van der Waals surface area contributed by atoms with Crippen LogP contribution in [0.2, 0.25) is 15.1 Å². The van der Waals surface area contributed by atoms with E-state index < -0.39 is 6.64 Å². The minimum Gasteiger partial charge on any atom is -0.420 e. The molecule has 156 valence electrons. The zero-order valence-corrected chi connectivity index (χ0v) is 19.9. The minimum absolute atomic E-state index is 0.376. The van der Waals surface area contributed by atoms with Crippen molar-refractivity contribution in [3.05, 3.63) is 99.5 Å². The van der Waals surface area contributed by atoms with Crippen molar-refractivity contribution >= 4 is 69.7 Å². The second-order valence-electron chi connectivity index (χ2n) is 7.02. The summed E-state index contributed by atoms with van der Waals surface area (Å²) < 4.78 is 14.7. The van der Waals surface area contributed by atoms with E-state index in [1.54, 1.807) is 18.2 Å². The molecule has 0 bridgehead atoms. The summed E-state index contributed by atoms with van der Waals surface area (Å²) in [6.07, 6.45) is 0. The van der Waals surface area contributed by atoms with Gasteiger partial charge in [-0.05, 0) is 59.3 Å². The molecule has 1 atom stereocenters. The highest BCUT2D eigenvalue weighted by atomic mass is 35.5. The van der Waals surface area contributed by atoms with Gasteiger partial charge in [-0.25, -0.2) is 0 Å². The summed E-state index contributed by atoms with van der Waals surface area (Å²) in [6.45, 7) is -2.51. The highest BCUT2D eigenvalue weighted by molar-refractivity contribution is 8.11. The van der Waals surface area contributed by atoms with Crippen LogP contribution >= 0.6 is 41.4 Å². The molecule has 0 fully saturated rings. The molecule has 0 saturated carbocycles. The highest BCUT2D eigenvalue weighted by Gasteiger charge is 2.38. The molecule has 0 N–H and O–H groups in total. The summed E-state index contributed by atoms with van der Waals surface area (Å²) in [6, 6.07) is 24.7. The summed E-state index contributed by atoms with van der Waals surface area (Å²) in [5.74, 6) is 1.15. The van der Waals surface area contributed by atoms with Crippen LogP contribution < -0.4 is 13.7 Å². The monoisotopic (exact) mass is 505 g/mol. The van der Waals surface area contributed by atoms with Crippen molar-refractivity contribution in [2.45, 2.75) is 6.54 Å². The second-order valence-corrected chi connectivity index (χ2v) is 11.5. The lowest BCUT2D eigenvalue weighted by molar-refractivity contribution is 0.465. The lowest BCUT2D eigenvalue weighted by Gasteiger charge is -2.40. The molecule has 0 saturated heterocycles. The van der Waals surface area contributed by atoms with E-state index in [0.717, 1.165) is 27.8 Å². The van der Waals surface area contributed by atoms with Gasteiger partial charge >= 0.3 is 6.64 Å². The summed E-state index contributed by atoms with van der Waals surface area (Å²) in [5, 5.41) is 3.79. The quantitative estimate of drug-likeness (QED) is 0.260. The van der Waals surface area contributed by atoms with E-state index in [-0.39, 0.29) is 0 Å². The molecule has 1 aliphatic rings. The molecule has 5 rings (SSSR count). The van der Waals surface area contributed by atoms with Gasteiger partial charge in [-0.1, -0.05) is 65.1 Å². The molecule has 0 spiro atoms. The van der Waals surface area contributed by atoms with Crippen molar-refractivity contribution in [1.29, 1.82) is 0 Å². The second kappa shape index (κ2) is 8.20. The maximum atomic E-state index is 6.42. The van der Waals surface area contributed by atoms with E-state index in [1.807, 2.05) is 53.2 Å². The predicted molar refractivity (Wildman–Crippen MR) is 134 cm³/mol. The fraction of sp³-hybridized carbons (Fsp3) is 0.0435. The Balaban J connectivity index is 1.65. The minimum atomic E-state index is -3.04. The molecule has 3 nitrogen and oxygen atoms in total. The van der Waals surface area contributed by atoms with Gasteiger partial charge in [0.25, 0.3) is 0 Å². The number of halogens is 3. The topological polar surface area (TPSA) is 21.7 Å². The van der Waals surface area contributed by atoms with Crippen molar-refractivity contribution in [2.75, 3.05) is 4.67 Å². The number of anilines is 1. The molecular weight excluding hydrogens is 492 g/mol. The Bertz CT molecular complexity index is 1350. The smallest absolute Gasteiger partial charge is 0.395 e. The van der Waals surface area contributed by atoms with Crippen molar-refractivity contribution < 1.29 is 9.05 Å². The van der Waals surface area contributed by atoms with Gasteiger partial charge in [-0.3, -0.25) is 4.67 Å². The molecule has 8 heteroatoms. The first-order valence-electron chi connectivity index (χ1n) is 9.41. The third kappa shape index (κ3) is 4.00. The van der Waals surface area contributed by atoms with E-state index in [0.29, 0.717) is 27.4 Å². The molecule has 31 heavy (non-hydrogen) atoms. The van der Waals surface area contributed by atoms with Gasteiger partial charge in [0.2, 0.25) is 0 Å². The fourth-order valence-corrected chi connectivity index (χ4v) is 6.92. The third-order valence-corrected chi connectivity index (χ3v) is 8.69. The SMILES string of the molecule is S=P1(Oc2ccc(Cl)cc2Cl)Oc2ccc3ccccc3c2CN1c1ccc(Cl)cc1. The van der Waals surface area contributed by atoms with Crippen molar-refractivity contribution in [3.8, 4) is 11.5 Å². The van der Waals surface area contributed by atoms with Gasteiger partial charge in [-0.15, -0.1) is 0 Å². The van der Waals surface area contributed by atoms with Gasteiger partial charge in [0, 0.05) is 33.1 Å². The summed E-state index contributed by atoms with van der Waals surface area (Å²) in [7, 11) is 0. The van der Waals surface area contributed by atoms with Crippen molar-refractivity contribution in [3.63, 3.8) is 0 Å². The van der Waals surface area contributed by atoms with E-state index in [4.69, 9.17) is 55.7 Å². The van der Waals surface area contributed by atoms with Crippen molar-refractivity contribution in [1.82, 2.24) is 0 Å². The Morgan fingerprint density at radius 3 is 2.39 bits per heavy atom. The zero-order valence-electron chi connectivity index (χ0n) is 16.0. The Hall–Kier alpha value is -1.94. The molecule has 0 amide bonds. The van der Waals surface area contributed by atoms with Crippen LogP contribution in [0.1, 0.15) is 5.56 Å². The Morgan fingerprint density at radius 2 is 1.61 bits per heavy atom. The van der Waals surface area contributed by atoms with Crippen LogP contribution in [-0.2, 0) is 18.4 Å². The Morgan fingerprint density at radius 1 is 0.871 bits per heavy atom. The number of benzene rings is 4. The highest BCUT2D eigenvalue weighted by Crippen LogP contribution is 2.60. The first-order valence-corrected chi connectivity index (χ1v) is 13.1. The van der Waals surface area contributed by atoms with Crippen molar-refractivity contribution in [2.24, 2.45) is 0 Å². The Labute approximate surface area is 200 Å². The maximum Gasteiger partial charge on any atom is 0.395 e. The average Bonchev–Trinajstić information content (AvgIpc) is 2.76. The molecular formula is C23H15Cl3NO2PS. The predicted octanol–water partition coefficient (Wildman–Crippen LogP) is 8.50. The first-order chi connectivity index (χ1) is 14.9. The first kappa shape index (κ1) is 20.9. The fourth-order valence-electron chi connectivity index (χ4n) is 3.56. The molecule has 1 heterocycles. The number of nitrogens with zero attached hydrogens (tertiary/aromatic N) is 1. The summed E-state index contributed by atoms with van der Waals surface area (Å²) in [4.78, 5) is 0. The summed E-state index contributed by atoms with van der Waals surface area (Å²) >= 11 is 24.6. The molecule has 1 aliphatic heterocycles. The van der Waals surface area contributed by atoms with Crippen LogP contribution in [-0.4, -0.2) is 0 Å². The van der Waals surface area contributed by atoms with E-state index in [9.17, 15) is 0 Å². The van der Waals surface area contributed by atoms with Crippen LogP contribution in [0.4, 0.5) is 5.69 Å². The number of rotatable bonds is 3. The maximum absolute atomic E-state index is 6.42. The standard InChI is InChI=1S/C23H15Cl3NO2PS/c24-16-6-9-18(10-7-16)27-14-20-19-4-2-1-3-15(19)5-11-22(20)28-30(27,31)29-23-12-8-17(25)13-21(23)26/h1-13H,14H2.